The normalized spacial score (nSPS) is 34.2. The van der Waals surface area contributed by atoms with Crippen LogP contribution in [0.3, 0.4) is 0 Å². The van der Waals surface area contributed by atoms with Crippen LogP contribution in [0.5, 0.6) is 0 Å². The zero-order chi connectivity index (χ0) is 13.9. The van der Waals surface area contributed by atoms with Crippen molar-refractivity contribution < 1.29 is 5.11 Å². The molecule has 0 amide bonds. The number of alkyl halides is 2. The van der Waals surface area contributed by atoms with E-state index in [9.17, 15) is 5.11 Å². The summed E-state index contributed by atoms with van der Waals surface area (Å²) < 4.78 is 0. The number of fused-ring (bicyclic) bond motifs is 2. The summed E-state index contributed by atoms with van der Waals surface area (Å²) in [5.74, 6) is 0.437. The van der Waals surface area contributed by atoms with Crippen LogP contribution in [0.2, 0.25) is 0 Å². The highest BCUT2D eigenvalue weighted by Gasteiger charge is 2.47. The summed E-state index contributed by atoms with van der Waals surface area (Å²) in [6.07, 6.45) is -0.412. The molecule has 2 unspecified atom stereocenters. The lowest BCUT2D eigenvalue weighted by Crippen LogP contribution is -2.32. The molecule has 0 saturated heterocycles. The molecule has 0 fully saturated rings. The lowest BCUT2D eigenvalue weighted by atomic mass is 9.74. The molecule has 0 aliphatic heterocycles. The van der Waals surface area contributed by atoms with Crippen molar-refractivity contribution in [3.63, 3.8) is 0 Å². The van der Waals surface area contributed by atoms with Crippen LogP contribution >= 0.6 is 31.9 Å². The minimum Gasteiger partial charge on any atom is -0.391 e. The molecule has 2 aromatic rings. The Hall–Kier alpha value is -0.640. The van der Waals surface area contributed by atoms with Crippen LogP contribution in [0, 0.1) is 0 Å². The van der Waals surface area contributed by atoms with E-state index in [1.807, 2.05) is 0 Å². The van der Waals surface area contributed by atoms with Crippen molar-refractivity contribution in [1.29, 1.82) is 0 Å². The fourth-order valence-corrected chi connectivity index (χ4v) is 5.95. The van der Waals surface area contributed by atoms with E-state index in [4.69, 9.17) is 0 Å². The van der Waals surface area contributed by atoms with Gasteiger partial charge in [0.1, 0.15) is 0 Å². The summed E-state index contributed by atoms with van der Waals surface area (Å²) in [4.78, 5) is 0.0587. The van der Waals surface area contributed by atoms with E-state index in [1.54, 1.807) is 0 Å². The zero-order valence-corrected chi connectivity index (χ0v) is 13.9. The van der Waals surface area contributed by atoms with Crippen molar-refractivity contribution in [3.05, 3.63) is 70.8 Å². The molecule has 20 heavy (non-hydrogen) atoms. The second kappa shape index (κ2) is 4.69. The number of hydrogen-bond acceptors (Lipinski definition) is 1. The van der Waals surface area contributed by atoms with Crippen LogP contribution in [-0.4, -0.2) is 20.9 Å². The maximum absolute atomic E-state index is 10.7. The Morgan fingerprint density at radius 2 is 0.950 bits per heavy atom. The van der Waals surface area contributed by atoms with Crippen LogP contribution in [0.15, 0.2) is 48.5 Å². The van der Waals surface area contributed by atoms with Crippen LogP contribution in [-0.2, 0) is 0 Å². The van der Waals surface area contributed by atoms with Gasteiger partial charge >= 0.3 is 0 Å². The quantitative estimate of drug-likeness (QED) is 0.666. The van der Waals surface area contributed by atoms with Gasteiger partial charge in [-0.3, -0.25) is 0 Å². The molecule has 0 heterocycles. The lowest BCUT2D eigenvalue weighted by molar-refractivity contribution is 0.168. The summed E-state index contributed by atoms with van der Waals surface area (Å²) in [6.45, 7) is 0. The fourth-order valence-electron chi connectivity index (χ4n) is 3.75. The summed E-state index contributed by atoms with van der Waals surface area (Å²) >= 11 is 7.51. The predicted molar refractivity (Wildman–Crippen MR) is 88.0 cm³/mol. The first-order valence-electron chi connectivity index (χ1n) is 6.84. The molecule has 0 saturated carbocycles. The first kappa shape index (κ1) is 13.1. The zero-order valence-electron chi connectivity index (χ0n) is 10.7. The van der Waals surface area contributed by atoms with Crippen LogP contribution in [0.25, 0.3) is 0 Å². The van der Waals surface area contributed by atoms with E-state index < -0.39 is 6.10 Å². The van der Waals surface area contributed by atoms with Gasteiger partial charge in [-0.15, -0.1) is 0 Å². The average Bonchev–Trinajstić information content (AvgIpc) is 2.62. The van der Waals surface area contributed by atoms with E-state index in [0.717, 1.165) is 0 Å². The Morgan fingerprint density at radius 1 is 0.650 bits per heavy atom. The van der Waals surface area contributed by atoms with Gasteiger partial charge in [0, 0.05) is 11.8 Å². The molecule has 2 atom stereocenters. The van der Waals surface area contributed by atoms with Gasteiger partial charge in [-0.05, 0) is 22.3 Å². The van der Waals surface area contributed by atoms with Crippen molar-refractivity contribution in [2.24, 2.45) is 0 Å². The molecule has 102 valence electrons. The second-order valence-electron chi connectivity index (χ2n) is 5.59. The van der Waals surface area contributed by atoms with Gasteiger partial charge in [-0.1, -0.05) is 80.4 Å². The monoisotopic (exact) mass is 392 g/mol. The fraction of sp³-hybridized carbons (Fsp3) is 0.294. The smallest absolute Gasteiger partial charge is 0.0808 e. The maximum atomic E-state index is 10.7. The van der Waals surface area contributed by atoms with Crippen LogP contribution in [0.1, 0.15) is 34.1 Å². The molecular formula is C17H14Br2O. The van der Waals surface area contributed by atoms with Gasteiger partial charge in [0.2, 0.25) is 0 Å². The Balaban J connectivity index is 2.07. The average molecular weight is 394 g/mol. The van der Waals surface area contributed by atoms with E-state index in [2.05, 4.69) is 80.4 Å². The molecule has 2 aromatic carbocycles. The first-order chi connectivity index (χ1) is 9.70. The van der Waals surface area contributed by atoms with Crippen molar-refractivity contribution in [2.75, 3.05) is 0 Å². The largest absolute Gasteiger partial charge is 0.391 e. The number of halogens is 2. The molecule has 0 radical (unpaired) electrons. The number of aliphatic hydroxyl groups is 1. The molecule has 3 heteroatoms. The van der Waals surface area contributed by atoms with Gasteiger partial charge in [-0.2, -0.15) is 0 Å². The Labute approximate surface area is 135 Å². The standard InChI is InChI=1S/C17H14Br2O/c18-15-13-9-5-1-2-6-10(9)14(16(19)17(15)20)12-8-4-3-7-11(12)13/h1-8,13-17,20H. The third-order valence-corrected chi connectivity index (χ3v) is 6.76. The van der Waals surface area contributed by atoms with Crippen molar-refractivity contribution in [1.82, 2.24) is 0 Å². The molecule has 2 bridgehead atoms. The minimum atomic E-state index is -0.412. The van der Waals surface area contributed by atoms with Gasteiger partial charge in [-0.25, -0.2) is 0 Å². The molecule has 1 nitrogen and oxygen atoms in total. The Kier molecular flexibility index (Phi) is 3.06. The van der Waals surface area contributed by atoms with Gasteiger partial charge in [0.25, 0.3) is 0 Å². The topological polar surface area (TPSA) is 20.2 Å². The highest BCUT2D eigenvalue weighted by Crippen LogP contribution is 2.54. The Bertz CT molecular complexity index is 566. The predicted octanol–water partition coefficient (Wildman–Crippen LogP) is 4.17. The molecule has 3 aliphatic carbocycles. The summed E-state index contributed by atoms with van der Waals surface area (Å²) in [5.41, 5.74) is 5.39. The minimum absolute atomic E-state index is 0.0293. The molecule has 5 rings (SSSR count). The molecule has 1 N–H and O–H groups in total. The number of rotatable bonds is 0. The SMILES string of the molecule is OC1C(Br)C2c3ccccc3C(c3ccccc32)C1Br. The highest BCUT2D eigenvalue weighted by molar-refractivity contribution is 9.10. The van der Waals surface area contributed by atoms with Gasteiger partial charge in [0.15, 0.2) is 0 Å². The third-order valence-electron chi connectivity index (χ3n) is 4.62. The summed E-state index contributed by atoms with van der Waals surface area (Å²) in [7, 11) is 0. The summed E-state index contributed by atoms with van der Waals surface area (Å²) in [6, 6.07) is 17.2. The van der Waals surface area contributed by atoms with Crippen molar-refractivity contribution in [2.45, 2.75) is 27.6 Å². The lowest BCUT2D eigenvalue weighted by Gasteiger charge is -2.32. The third kappa shape index (κ3) is 1.63. The first-order valence-corrected chi connectivity index (χ1v) is 8.67. The Morgan fingerprint density at radius 3 is 1.25 bits per heavy atom. The second-order valence-corrected chi connectivity index (χ2v) is 7.71. The molecule has 0 aromatic heterocycles. The van der Waals surface area contributed by atoms with E-state index in [1.165, 1.54) is 22.3 Å². The molecule has 0 spiro atoms. The van der Waals surface area contributed by atoms with E-state index in [0.29, 0.717) is 0 Å². The van der Waals surface area contributed by atoms with Gasteiger partial charge in [0.05, 0.1) is 15.8 Å². The maximum Gasteiger partial charge on any atom is 0.0808 e. The number of hydrogen-bond donors (Lipinski definition) is 1. The van der Waals surface area contributed by atoms with E-state index in [-0.39, 0.29) is 21.5 Å². The summed E-state index contributed by atoms with van der Waals surface area (Å²) in [5, 5.41) is 10.7. The van der Waals surface area contributed by atoms with Gasteiger partial charge < -0.3 is 5.11 Å². The molecule has 3 aliphatic rings. The van der Waals surface area contributed by atoms with Crippen LogP contribution < -0.4 is 0 Å². The highest BCUT2D eigenvalue weighted by atomic mass is 79.9. The van der Waals surface area contributed by atoms with Crippen molar-refractivity contribution >= 4 is 31.9 Å². The van der Waals surface area contributed by atoms with Crippen molar-refractivity contribution in [3.8, 4) is 0 Å². The number of aliphatic hydroxyl groups excluding tert-OH is 1. The van der Waals surface area contributed by atoms with E-state index >= 15 is 0 Å². The van der Waals surface area contributed by atoms with Crippen LogP contribution in [0.4, 0.5) is 0 Å². The molecular weight excluding hydrogens is 380 g/mol. The number of benzene rings is 2.